The summed E-state index contributed by atoms with van der Waals surface area (Å²) in [5, 5.41) is 12.1. The topological polar surface area (TPSA) is 58.1 Å². The number of carbonyl (C=O) groups excluding carboxylic acids is 1. The second-order valence-electron chi connectivity index (χ2n) is 6.17. The molecule has 1 aromatic heterocycles. The second kappa shape index (κ2) is 8.15. The van der Waals surface area contributed by atoms with Crippen molar-refractivity contribution in [2.45, 2.75) is 48.9 Å². The van der Waals surface area contributed by atoms with Crippen LogP contribution in [0, 0.1) is 5.92 Å². The number of nitrogens with one attached hydrogen (secondary N) is 1. The van der Waals surface area contributed by atoms with Crippen LogP contribution in [-0.4, -0.2) is 45.9 Å². The van der Waals surface area contributed by atoms with E-state index >= 15 is 0 Å². The van der Waals surface area contributed by atoms with Crippen molar-refractivity contribution < 1.29 is 4.79 Å². The molecule has 1 saturated heterocycles. The van der Waals surface area contributed by atoms with E-state index in [0.29, 0.717) is 18.3 Å². The maximum absolute atomic E-state index is 12.6. The van der Waals surface area contributed by atoms with Crippen LogP contribution in [0.2, 0.25) is 0 Å². The lowest BCUT2D eigenvalue weighted by Crippen LogP contribution is -2.50. The average Bonchev–Trinajstić information content (AvgIpc) is 3.05. The quantitative estimate of drug-likeness (QED) is 0.628. The SMILES string of the molecule is C=CCNc1nnc(SCC(=O)N2CCC[C@H]3CCCC[C@H]32)s1. The molecule has 3 rings (SSSR count). The minimum Gasteiger partial charge on any atom is -0.357 e. The van der Waals surface area contributed by atoms with Gasteiger partial charge in [-0.1, -0.05) is 42.0 Å². The van der Waals surface area contributed by atoms with Crippen LogP contribution < -0.4 is 5.32 Å². The van der Waals surface area contributed by atoms with Gasteiger partial charge in [0.25, 0.3) is 0 Å². The highest BCUT2D eigenvalue weighted by Gasteiger charge is 2.35. The number of fused-ring (bicyclic) bond motifs is 1. The number of nitrogens with zero attached hydrogens (tertiary/aromatic N) is 3. The summed E-state index contributed by atoms with van der Waals surface area (Å²) in [4.78, 5) is 14.8. The highest BCUT2D eigenvalue weighted by molar-refractivity contribution is 8.01. The van der Waals surface area contributed by atoms with E-state index in [1.165, 1.54) is 55.2 Å². The average molecular weight is 353 g/mol. The zero-order chi connectivity index (χ0) is 16.1. The number of rotatable bonds is 6. The first-order valence-electron chi connectivity index (χ1n) is 8.38. The highest BCUT2D eigenvalue weighted by Crippen LogP contribution is 2.36. The Morgan fingerprint density at radius 3 is 3.04 bits per heavy atom. The Bertz CT molecular complexity index is 546. The van der Waals surface area contributed by atoms with E-state index in [1.807, 2.05) is 0 Å². The van der Waals surface area contributed by atoms with Crippen LogP contribution in [-0.2, 0) is 4.79 Å². The van der Waals surface area contributed by atoms with Gasteiger partial charge in [-0.05, 0) is 31.6 Å². The monoisotopic (exact) mass is 352 g/mol. The number of anilines is 1. The summed E-state index contributed by atoms with van der Waals surface area (Å²) in [6.45, 7) is 5.27. The Hall–Kier alpha value is -1.08. The Morgan fingerprint density at radius 1 is 1.35 bits per heavy atom. The fourth-order valence-electron chi connectivity index (χ4n) is 3.64. The first kappa shape index (κ1) is 16.8. The molecule has 1 amide bonds. The zero-order valence-corrected chi connectivity index (χ0v) is 15.0. The van der Waals surface area contributed by atoms with Crippen LogP contribution in [0.5, 0.6) is 0 Å². The minimum absolute atomic E-state index is 0.266. The summed E-state index contributed by atoms with van der Waals surface area (Å²) < 4.78 is 0.849. The number of aromatic nitrogens is 2. The lowest BCUT2D eigenvalue weighted by molar-refractivity contribution is -0.134. The van der Waals surface area contributed by atoms with Crippen molar-refractivity contribution in [3.05, 3.63) is 12.7 Å². The summed E-state index contributed by atoms with van der Waals surface area (Å²) in [6, 6.07) is 0.491. The number of amides is 1. The summed E-state index contributed by atoms with van der Waals surface area (Å²) >= 11 is 3.00. The molecule has 2 aliphatic rings. The third kappa shape index (κ3) is 4.26. The molecule has 2 heterocycles. The van der Waals surface area contributed by atoms with Crippen molar-refractivity contribution in [2.24, 2.45) is 5.92 Å². The van der Waals surface area contributed by atoms with Gasteiger partial charge >= 0.3 is 0 Å². The van der Waals surface area contributed by atoms with Crippen LogP contribution >= 0.6 is 23.1 Å². The number of likely N-dealkylation sites (tertiary alicyclic amines) is 1. The van der Waals surface area contributed by atoms with Crippen molar-refractivity contribution in [2.75, 3.05) is 24.2 Å². The lowest BCUT2D eigenvalue weighted by Gasteiger charge is -2.44. The molecular formula is C16H24N4OS2. The maximum Gasteiger partial charge on any atom is 0.233 e. The van der Waals surface area contributed by atoms with Crippen LogP contribution in [0.25, 0.3) is 0 Å². The molecule has 0 unspecified atom stereocenters. The largest absolute Gasteiger partial charge is 0.357 e. The molecule has 1 aliphatic heterocycles. The van der Waals surface area contributed by atoms with Crippen LogP contribution in [0.3, 0.4) is 0 Å². The van der Waals surface area contributed by atoms with E-state index in [1.54, 1.807) is 6.08 Å². The molecule has 0 spiro atoms. The van der Waals surface area contributed by atoms with Crippen LogP contribution in [0.1, 0.15) is 38.5 Å². The minimum atomic E-state index is 0.266. The van der Waals surface area contributed by atoms with E-state index in [-0.39, 0.29) is 5.91 Å². The van der Waals surface area contributed by atoms with Crippen LogP contribution in [0.4, 0.5) is 5.13 Å². The lowest BCUT2D eigenvalue weighted by atomic mass is 9.78. The van der Waals surface area contributed by atoms with E-state index in [4.69, 9.17) is 0 Å². The smallest absolute Gasteiger partial charge is 0.233 e. The van der Waals surface area contributed by atoms with Gasteiger partial charge in [0, 0.05) is 19.1 Å². The van der Waals surface area contributed by atoms with Gasteiger partial charge in [0.15, 0.2) is 4.34 Å². The van der Waals surface area contributed by atoms with Crippen molar-refractivity contribution in [3.63, 3.8) is 0 Å². The first-order valence-corrected chi connectivity index (χ1v) is 10.2. The molecular weight excluding hydrogens is 328 g/mol. The molecule has 0 bridgehead atoms. The summed E-state index contributed by atoms with van der Waals surface area (Å²) in [7, 11) is 0. The Balaban J connectivity index is 1.52. The standard InChI is InChI=1S/C16H24N4OS2/c1-2-9-17-15-18-19-16(23-15)22-11-14(21)20-10-5-7-12-6-3-4-8-13(12)20/h2,12-13H,1,3-11H2,(H,17,18)/t12-,13-/m1/s1. The third-order valence-corrected chi connectivity index (χ3v) is 6.69. The van der Waals surface area contributed by atoms with Gasteiger partial charge in [0.2, 0.25) is 11.0 Å². The number of thioether (sulfide) groups is 1. The summed E-state index contributed by atoms with van der Waals surface area (Å²) in [5.74, 6) is 1.48. The maximum atomic E-state index is 12.6. The molecule has 1 N–H and O–H groups in total. The fourth-order valence-corrected chi connectivity index (χ4v) is 5.28. The third-order valence-electron chi connectivity index (χ3n) is 4.69. The number of hydrogen-bond acceptors (Lipinski definition) is 6. The predicted octanol–water partition coefficient (Wildman–Crippen LogP) is 3.41. The molecule has 2 fully saturated rings. The molecule has 5 nitrogen and oxygen atoms in total. The zero-order valence-electron chi connectivity index (χ0n) is 13.4. The highest BCUT2D eigenvalue weighted by atomic mass is 32.2. The van der Waals surface area contributed by atoms with Gasteiger partial charge < -0.3 is 10.2 Å². The van der Waals surface area contributed by atoms with Gasteiger partial charge in [-0.3, -0.25) is 4.79 Å². The Morgan fingerprint density at radius 2 is 2.17 bits per heavy atom. The Kier molecular flexibility index (Phi) is 5.94. The molecule has 2 atom stereocenters. The van der Waals surface area contributed by atoms with Gasteiger partial charge in [-0.15, -0.1) is 16.8 Å². The fraction of sp³-hybridized carbons (Fsp3) is 0.688. The molecule has 1 aromatic rings. The van der Waals surface area contributed by atoms with Crippen LogP contribution in [0.15, 0.2) is 17.0 Å². The van der Waals surface area contributed by atoms with Crippen molar-refractivity contribution in [3.8, 4) is 0 Å². The summed E-state index contributed by atoms with van der Waals surface area (Å²) in [6.07, 6.45) is 9.35. The number of carbonyl (C=O) groups is 1. The Labute approximate surface area is 145 Å². The summed E-state index contributed by atoms with van der Waals surface area (Å²) in [5.41, 5.74) is 0. The second-order valence-corrected chi connectivity index (χ2v) is 8.37. The van der Waals surface area contributed by atoms with E-state index in [9.17, 15) is 4.79 Å². The number of hydrogen-bond donors (Lipinski definition) is 1. The molecule has 1 saturated carbocycles. The van der Waals surface area contributed by atoms with Crippen molar-refractivity contribution in [1.82, 2.24) is 15.1 Å². The normalized spacial score (nSPS) is 24.1. The molecule has 23 heavy (non-hydrogen) atoms. The van der Waals surface area contributed by atoms with Gasteiger partial charge in [0.05, 0.1) is 5.75 Å². The molecule has 0 radical (unpaired) electrons. The molecule has 1 aliphatic carbocycles. The van der Waals surface area contributed by atoms with Gasteiger partial charge in [-0.25, -0.2) is 0 Å². The molecule has 0 aromatic carbocycles. The van der Waals surface area contributed by atoms with Gasteiger partial charge in [0.1, 0.15) is 0 Å². The molecule has 126 valence electrons. The van der Waals surface area contributed by atoms with Crippen molar-refractivity contribution in [1.29, 1.82) is 0 Å². The first-order chi connectivity index (χ1) is 11.3. The number of piperidine rings is 1. The van der Waals surface area contributed by atoms with Crippen molar-refractivity contribution >= 4 is 34.1 Å². The van der Waals surface area contributed by atoms with E-state index in [0.717, 1.165) is 28.4 Å². The van der Waals surface area contributed by atoms with Gasteiger partial charge in [-0.2, -0.15) is 0 Å². The molecule has 7 heteroatoms. The predicted molar refractivity (Wildman–Crippen MR) is 96.0 cm³/mol. The van der Waals surface area contributed by atoms with E-state index < -0.39 is 0 Å². The van der Waals surface area contributed by atoms with E-state index in [2.05, 4.69) is 27.0 Å².